The van der Waals surface area contributed by atoms with E-state index in [1.807, 2.05) is 13.2 Å². The Morgan fingerprint density at radius 1 is 1.53 bits per heavy atom. The number of pyridine rings is 1. The van der Waals surface area contributed by atoms with E-state index in [4.69, 9.17) is 0 Å². The van der Waals surface area contributed by atoms with E-state index >= 15 is 0 Å². The number of nitrogens with one attached hydrogen (secondary N) is 2. The van der Waals surface area contributed by atoms with Crippen LogP contribution < -0.4 is 5.32 Å². The Hall–Kier alpha value is -1.82. The molecule has 6 heteroatoms. The fourth-order valence-corrected chi connectivity index (χ4v) is 1.94. The number of hydrogen-bond donors (Lipinski definition) is 2. The van der Waals surface area contributed by atoms with Gasteiger partial charge >= 0.3 is 0 Å². The molecule has 0 bridgehead atoms. The Morgan fingerprint density at radius 3 is 3.00 bits per heavy atom. The van der Waals surface area contributed by atoms with Crippen LogP contribution in [0.3, 0.4) is 0 Å². The van der Waals surface area contributed by atoms with Crippen molar-refractivity contribution in [2.75, 3.05) is 11.6 Å². The summed E-state index contributed by atoms with van der Waals surface area (Å²) in [6.07, 6.45) is 3.55. The van der Waals surface area contributed by atoms with Crippen LogP contribution in [0.25, 0.3) is 0 Å². The Morgan fingerprint density at radius 2 is 2.35 bits per heavy atom. The number of hydrogen-bond acceptors (Lipinski definition) is 4. The molecule has 2 N–H and O–H groups in total. The fraction of sp³-hybridized carbons (Fsp3) is 0.182. The minimum atomic E-state index is -0.200. The van der Waals surface area contributed by atoms with Crippen molar-refractivity contribution in [3.05, 3.63) is 35.7 Å². The van der Waals surface area contributed by atoms with Gasteiger partial charge in [0.25, 0.3) is 5.91 Å². The Labute approximate surface area is 103 Å². The summed E-state index contributed by atoms with van der Waals surface area (Å²) in [6, 6.07) is 5.26. The summed E-state index contributed by atoms with van der Waals surface area (Å²) in [5.74, 6) is 0.317. The zero-order chi connectivity index (χ0) is 12.3. The monoisotopic (exact) mass is 248 g/mol. The topological polar surface area (TPSA) is 70.7 Å². The highest BCUT2D eigenvalue weighted by atomic mass is 32.2. The van der Waals surface area contributed by atoms with E-state index < -0.39 is 0 Å². The molecule has 0 aliphatic heterocycles. The molecule has 2 aromatic heterocycles. The molecule has 0 saturated heterocycles. The first-order valence-electron chi connectivity index (χ1n) is 5.03. The van der Waals surface area contributed by atoms with Crippen LogP contribution in [0.4, 0.5) is 5.82 Å². The molecule has 0 fully saturated rings. The largest absolute Gasteiger partial charge is 0.305 e. The smallest absolute Gasteiger partial charge is 0.259 e. The third-order valence-electron chi connectivity index (χ3n) is 2.16. The van der Waals surface area contributed by atoms with E-state index in [2.05, 4.69) is 20.5 Å². The van der Waals surface area contributed by atoms with Crippen molar-refractivity contribution < 1.29 is 4.79 Å². The second-order valence-corrected chi connectivity index (χ2v) is 4.25. The van der Waals surface area contributed by atoms with Crippen LogP contribution in [0.5, 0.6) is 0 Å². The molecule has 0 atom stereocenters. The van der Waals surface area contributed by atoms with Crippen molar-refractivity contribution in [3.63, 3.8) is 0 Å². The molecule has 0 radical (unpaired) electrons. The van der Waals surface area contributed by atoms with Gasteiger partial charge in [-0.15, -0.1) is 11.8 Å². The van der Waals surface area contributed by atoms with Crippen LogP contribution >= 0.6 is 11.8 Å². The lowest BCUT2D eigenvalue weighted by molar-refractivity contribution is 0.102. The van der Waals surface area contributed by atoms with Gasteiger partial charge < -0.3 is 5.32 Å². The average Bonchev–Trinajstić information content (AvgIpc) is 2.74. The van der Waals surface area contributed by atoms with Crippen LogP contribution in [0.1, 0.15) is 16.1 Å². The van der Waals surface area contributed by atoms with E-state index in [0.717, 1.165) is 5.69 Å². The molecule has 2 rings (SSSR count). The summed E-state index contributed by atoms with van der Waals surface area (Å²) in [5, 5.41) is 10.1. The maximum Gasteiger partial charge on any atom is 0.259 e. The first kappa shape index (κ1) is 11.7. The van der Waals surface area contributed by atoms with Gasteiger partial charge in [0.05, 0.1) is 5.56 Å². The lowest BCUT2D eigenvalue weighted by Gasteiger charge is -2.05. The number of aryl methyl sites for hydroxylation is 1. The zero-order valence-corrected chi connectivity index (χ0v) is 10.3. The first-order chi connectivity index (χ1) is 8.20. The maximum absolute atomic E-state index is 12.0. The van der Waals surface area contributed by atoms with Gasteiger partial charge in [-0.1, -0.05) is 0 Å². The van der Waals surface area contributed by atoms with Crippen molar-refractivity contribution in [2.45, 2.75) is 11.9 Å². The normalized spacial score (nSPS) is 10.2. The molecule has 0 aromatic carbocycles. The quantitative estimate of drug-likeness (QED) is 0.816. The summed E-state index contributed by atoms with van der Waals surface area (Å²) >= 11 is 1.44. The average molecular weight is 248 g/mol. The Balaban J connectivity index is 2.20. The number of thioether (sulfide) groups is 1. The van der Waals surface area contributed by atoms with E-state index in [0.29, 0.717) is 16.4 Å². The number of nitrogens with zero attached hydrogens (tertiary/aromatic N) is 2. The molecule has 2 aromatic rings. The second kappa shape index (κ2) is 5.01. The molecule has 0 aliphatic carbocycles. The van der Waals surface area contributed by atoms with Gasteiger partial charge in [0.15, 0.2) is 5.82 Å². The summed E-state index contributed by atoms with van der Waals surface area (Å²) in [5.41, 5.74) is 1.46. The number of carbonyl (C=O) groups is 1. The minimum absolute atomic E-state index is 0.200. The summed E-state index contributed by atoms with van der Waals surface area (Å²) in [4.78, 5) is 16.1. The predicted molar refractivity (Wildman–Crippen MR) is 67.3 cm³/mol. The Bertz CT molecular complexity index is 538. The van der Waals surface area contributed by atoms with E-state index in [9.17, 15) is 4.79 Å². The van der Waals surface area contributed by atoms with Crippen molar-refractivity contribution in [1.82, 2.24) is 15.2 Å². The minimum Gasteiger partial charge on any atom is -0.305 e. The highest BCUT2D eigenvalue weighted by Gasteiger charge is 2.12. The number of aromatic amines is 1. The van der Waals surface area contributed by atoms with Crippen molar-refractivity contribution in [1.29, 1.82) is 0 Å². The van der Waals surface area contributed by atoms with Crippen LogP contribution in [0.2, 0.25) is 0 Å². The lowest BCUT2D eigenvalue weighted by Crippen LogP contribution is -2.13. The number of aromatic nitrogens is 3. The first-order valence-corrected chi connectivity index (χ1v) is 6.25. The molecule has 1 amide bonds. The molecule has 0 unspecified atom stereocenters. The van der Waals surface area contributed by atoms with Crippen molar-refractivity contribution >= 4 is 23.5 Å². The number of H-pyrrole nitrogens is 1. The van der Waals surface area contributed by atoms with Crippen LogP contribution in [-0.4, -0.2) is 27.3 Å². The standard InChI is InChI=1S/C11H12N4OS/c1-7-6-9(15-14-7)13-10(16)8-4-3-5-12-11(8)17-2/h3-6H,1-2H3,(H2,13,14,15,16). The third-order valence-corrected chi connectivity index (χ3v) is 2.87. The zero-order valence-electron chi connectivity index (χ0n) is 9.52. The molecule has 88 valence electrons. The van der Waals surface area contributed by atoms with Gasteiger partial charge in [-0.3, -0.25) is 9.89 Å². The number of rotatable bonds is 3. The maximum atomic E-state index is 12.0. The second-order valence-electron chi connectivity index (χ2n) is 3.45. The molecule has 17 heavy (non-hydrogen) atoms. The highest BCUT2D eigenvalue weighted by molar-refractivity contribution is 7.98. The molecule has 0 aliphatic rings. The van der Waals surface area contributed by atoms with Gasteiger partial charge in [-0.2, -0.15) is 5.10 Å². The van der Waals surface area contributed by atoms with Gasteiger partial charge in [-0.05, 0) is 25.3 Å². The number of anilines is 1. The number of carbonyl (C=O) groups excluding carboxylic acids is 1. The molecular weight excluding hydrogens is 236 g/mol. The van der Waals surface area contributed by atoms with Gasteiger partial charge in [0.2, 0.25) is 0 Å². The number of amides is 1. The van der Waals surface area contributed by atoms with Crippen molar-refractivity contribution in [2.24, 2.45) is 0 Å². The molecule has 0 spiro atoms. The van der Waals surface area contributed by atoms with Gasteiger partial charge in [0.1, 0.15) is 5.03 Å². The highest BCUT2D eigenvalue weighted by Crippen LogP contribution is 2.18. The SMILES string of the molecule is CSc1ncccc1C(=O)Nc1cc(C)[nH]n1. The van der Waals surface area contributed by atoms with Crippen LogP contribution in [0.15, 0.2) is 29.4 Å². The van der Waals surface area contributed by atoms with Crippen molar-refractivity contribution in [3.8, 4) is 0 Å². The summed E-state index contributed by atoms with van der Waals surface area (Å²) < 4.78 is 0. The fourth-order valence-electron chi connectivity index (χ4n) is 1.39. The molecular formula is C11H12N4OS. The van der Waals surface area contributed by atoms with Crippen LogP contribution in [-0.2, 0) is 0 Å². The van der Waals surface area contributed by atoms with E-state index in [1.165, 1.54) is 11.8 Å². The van der Waals surface area contributed by atoms with Crippen LogP contribution in [0, 0.1) is 6.92 Å². The summed E-state index contributed by atoms with van der Waals surface area (Å²) in [7, 11) is 0. The Kier molecular flexibility index (Phi) is 3.43. The lowest BCUT2D eigenvalue weighted by atomic mass is 10.2. The summed E-state index contributed by atoms with van der Waals surface area (Å²) in [6.45, 7) is 1.88. The molecule has 0 saturated carbocycles. The van der Waals surface area contributed by atoms with Gasteiger partial charge in [-0.25, -0.2) is 4.98 Å². The van der Waals surface area contributed by atoms with Gasteiger partial charge in [0, 0.05) is 18.0 Å². The predicted octanol–water partition coefficient (Wildman–Crippen LogP) is 2.09. The molecule has 5 nitrogen and oxygen atoms in total. The third kappa shape index (κ3) is 2.65. The molecule has 2 heterocycles. The van der Waals surface area contributed by atoms with E-state index in [-0.39, 0.29) is 5.91 Å². The van der Waals surface area contributed by atoms with E-state index in [1.54, 1.807) is 24.4 Å².